The van der Waals surface area contributed by atoms with E-state index in [2.05, 4.69) is 47.2 Å². The fourth-order valence-corrected chi connectivity index (χ4v) is 3.12. The molecule has 0 saturated heterocycles. The summed E-state index contributed by atoms with van der Waals surface area (Å²) in [4.78, 5) is 11.7. The number of amides is 1. The molecule has 0 aliphatic carbocycles. The zero-order valence-corrected chi connectivity index (χ0v) is 16.7. The van der Waals surface area contributed by atoms with Gasteiger partial charge in [0.2, 0.25) is 0 Å². The van der Waals surface area contributed by atoms with Gasteiger partial charge in [-0.15, -0.1) is 0 Å². The van der Waals surface area contributed by atoms with Crippen molar-refractivity contribution in [3.05, 3.63) is 57.1 Å². The van der Waals surface area contributed by atoms with Gasteiger partial charge in [-0.2, -0.15) is 0 Å². The quantitative estimate of drug-likeness (QED) is 0.662. The molecular formula is C20H24BrNO3. The van der Waals surface area contributed by atoms with Gasteiger partial charge >= 0.3 is 6.09 Å². The van der Waals surface area contributed by atoms with Crippen molar-refractivity contribution in [2.45, 2.75) is 40.7 Å². The fourth-order valence-electron chi connectivity index (χ4n) is 2.64. The Morgan fingerprint density at radius 1 is 1.16 bits per heavy atom. The molecule has 0 bridgehead atoms. The smallest absolute Gasteiger partial charge is 0.411 e. The minimum atomic E-state index is -0.471. The Kier molecular flexibility index (Phi) is 6.88. The predicted molar refractivity (Wildman–Crippen MR) is 104 cm³/mol. The minimum Gasteiger partial charge on any atom is -0.489 e. The molecule has 0 aliphatic rings. The number of carbonyl (C=O) groups excluding carboxylic acids is 1. The highest BCUT2D eigenvalue weighted by Crippen LogP contribution is 2.29. The van der Waals surface area contributed by atoms with Crippen molar-refractivity contribution in [2.75, 3.05) is 11.9 Å². The summed E-state index contributed by atoms with van der Waals surface area (Å²) in [6, 6.07) is 9.86. The molecule has 5 heteroatoms. The van der Waals surface area contributed by atoms with Crippen LogP contribution in [-0.2, 0) is 17.8 Å². The van der Waals surface area contributed by atoms with Crippen molar-refractivity contribution in [1.82, 2.24) is 0 Å². The Hall–Kier alpha value is -2.01. The fraction of sp³-hybridized carbons (Fsp3) is 0.350. The van der Waals surface area contributed by atoms with Crippen molar-refractivity contribution in [3.8, 4) is 5.75 Å². The number of rotatable bonds is 6. The standard InChI is InChI=1S/C20H24BrNO3/c1-5-15-10-14(4)19(11-13(15)3)25-12-16-17(21)8-7-9-18(16)22-20(23)24-6-2/h7-11H,5-6,12H2,1-4H3,(H,22,23). The molecule has 0 saturated carbocycles. The van der Waals surface area contributed by atoms with Gasteiger partial charge in [-0.25, -0.2) is 4.79 Å². The number of aryl methyl sites for hydroxylation is 3. The lowest BCUT2D eigenvalue weighted by atomic mass is 10.0. The molecule has 2 aromatic rings. The van der Waals surface area contributed by atoms with E-state index in [-0.39, 0.29) is 0 Å². The Bertz CT molecular complexity index is 759. The van der Waals surface area contributed by atoms with Crippen LogP contribution in [0.15, 0.2) is 34.8 Å². The zero-order chi connectivity index (χ0) is 18.4. The first kappa shape index (κ1) is 19.3. The second-order valence-corrected chi connectivity index (χ2v) is 6.65. The maximum absolute atomic E-state index is 11.7. The maximum atomic E-state index is 11.7. The van der Waals surface area contributed by atoms with Crippen LogP contribution in [0.3, 0.4) is 0 Å². The molecule has 25 heavy (non-hydrogen) atoms. The van der Waals surface area contributed by atoms with E-state index < -0.39 is 6.09 Å². The first-order valence-electron chi connectivity index (χ1n) is 8.40. The van der Waals surface area contributed by atoms with Crippen LogP contribution in [0.1, 0.15) is 36.1 Å². The number of benzene rings is 2. The number of hydrogen-bond donors (Lipinski definition) is 1. The van der Waals surface area contributed by atoms with Gasteiger partial charge in [0.25, 0.3) is 0 Å². The first-order valence-corrected chi connectivity index (χ1v) is 9.19. The number of anilines is 1. The number of nitrogens with one attached hydrogen (secondary N) is 1. The molecular weight excluding hydrogens is 382 g/mol. The summed E-state index contributed by atoms with van der Waals surface area (Å²) in [5, 5.41) is 2.76. The minimum absolute atomic E-state index is 0.327. The van der Waals surface area contributed by atoms with E-state index >= 15 is 0 Å². The highest BCUT2D eigenvalue weighted by atomic mass is 79.9. The summed E-state index contributed by atoms with van der Waals surface area (Å²) in [6.07, 6.45) is 0.534. The maximum Gasteiger partial charge on any atom is 0.411 e. The number of halogens is 1. The molecule has 2 aromatic carbocycles. The average Bonchev–Trinajstić information content (AvgIpc) is 2.57. The monoisotopic (exact) mass is 405 g/mol. The van der Waals surface area contributed by atoms with E-state index in [4.69, 9.17) is 9.47 Å². The van der Waals surface area contributed by atoms with Gasteiger partial charge < -0.3 is 9.47 Å². The third kappa shape index (κ3) is 4.98. The third-order valence-electron chi connectivity index (χ3n) is 4.02. The zero-order valence-electron chi connectivity index (χ0n) is 15.1. The number of carbonyl (C=O) groups is 1. The lowest BCUT2D eigenvalue weighted by Gasteiger charge is -2.16. The number of ether oxygens (including phenoxy) is 2. The third-order valence-corrected chi connectivity index (χ3v) is 4.76. The van der Waals surface area contributed by atoms with Gasteiger partial charge in [0.15, 0.2) is 0 Å². The van der Waals surface area contributed by atoms with Crippen molar-refractivity contribution in [3.63, 3.8) is 0 Å². The van der Waals surface area contributed by atoms with Crippen LogP contribution in [0.25, 0.3) is 0 Å². The molecule has 0 aliphatic heterocycles. The molecule has 0 spiro atoms. The van der Waals surface area contributed by atoms with E-state index in [0.717, 1.165) is 27.8 Å². The van der Waals surface area contributed by atoms with Crippen LogP contribution >= 0.6 is 15.9 Å². The Morgan fingerprint density at radius 3 is 2.60 bits per heavy atom. The Balaban J connectivity index is 2.20. The van der Waals surface area contributed by atoms with Gasteiger partial charge in [-0.3, -0.25) is 5.32 Å². The molecule has 0 atom stereocenters. The summed E-state index contributed by atoms with van der Waals surface area (Å²) in [7, 11) is 0. The highest BCUT2D eigenvalue weighted by Gasteiger charge is 2.12. The molecule has 0 heterocycles. The normalized spacial score (nSPS) is 10.4. The van der Waals surface area contributed by atoms with Crippen LogP contribution in [0.5, 0.6) is 5.75 Å². The Labute approximate surface area is 157 Å². The van der Waals surface area contributed by atoms with Crippen molar-refractivity contribution < 1.29 is 14.3 Å². The van der Waals surface area contributed by atoms with Crippen LogP contribution in [0, 0.1) is 13.8 Å². The van der Waals surface area contributed by atoms with E-state index in [9.17, 15) is 4.79 Å². The van der Waals surface area contributed by atoms with Crippen molar-refractivity contribution >= 4 is 27.7 Å². The molecule has 1 amide bonds. The predicted octanol–water partition coefficient (Wildman–Crippen LogP) is 5.78. The lowest BCUT2D eigenvalue weighted by molar-refractivity contribution is 0.168. The number of hydrogen-bond acceptors (Lipinski definition) is 3. The van der Waals surface area contributed by atoms with E-state index in [1.165, 1.54) is 11.1 Å². The summed E-state index contributed by atoms with van der Waals surface area (Å²) >= 11 is 3.53. The van der Waals surface area contributed by atoms with Gasteiger partial charge in [0.05, 0.1) is 12.3 Å². The molecule has 4 nitrogen and oxygen atoms in total. The van der Waals surface area contributed by atoms with Crippen LogP contribution in [0.2, 0.25) is 0 Å². The van der Waals surface area contributed by atoms with E-state index in [1.54, 1.807) is 6.92 Å². The molecule has 0 unspecified atom stereocenters. The largest absolute Gasteiger partial charge is 0.489 e. The summed E-state index contributed by atoms with van der Waals surface area (Å²) in [5.41, 5.74) is 5.20. The second-order valence-electron chi connectivity index (χ2n) is 5.80. The van der Waals surface area contributed by atoms with Crippen molar-refractivity contribution in [1.29, 1.82) is 0 Å². The highest BCUT2D eigenvalue weighted by molar-refractivity contribution is 9.10. The molecule has 2 rings (SSSR count). The van der Waals surface area contributed by atoms with Crippen LogP contribution in [0.4, 0.5) is 10.5 Å². The molecule has 0 fully saturated rings. The van der Waals surface area contributed by atoms with Crippen molar-refractivity contribution in [2.24, 2.45) is 0 Å². The summed E-state index contributed by atoms with van der Waals surface area (Å²) in [6.45, 7) is 8.73. The molecule has 1 N–H and O–H groups in total. The first-order chi connectivity index (χ1) is 12.0. The van der Waals surface area contributed by atoms with Gasteiger partial charge in [-0.05, 0) is 62.1 Å². The van der Waals surface area contributed by atoms with Crippen LogP contribution in [-0.4, -0.2) is 12.7 Å². The van der Waals surface area contributed by atoms with E-state index in [1.807, 2.05) is 25.1 Å². The van der Waals surface area contributed by atoms with Crippen LogP contribution < -0.4 is 10.1 Å². The SMILES string of the molecule is CCOC(=O)Nc1cccc(Br)c1COc1cc(C)c(CC)cc1C. The Morgan fingerprint density at radius 2 is 1.92 bits per heavy atom. The lowest BCUT2D eigenvalue weighted by Crippen LogP contribution is -2.15. The molecule has 0 aromatic heterocycles. The summed E-state index contributed by atoms with van der Waals surface area (Å²) in [5.74, 6) is 0.854. The second kappa shape index (κ2) is 8.90. The average molecular weight is 406 g/mol. The van der Waals surface area contributed by atoms with Gasteiger partial charge in [0.1, 0.15) is 12.4 Å². The summed E-state index contributed by atoms with van der Waals surface area (Å²) < 4.78 is 11.9. The topological polar surface area (TPSA) is 47.6 Å². The van der Waals surface area contributed by atoms with Gasteiger partial charge in [0, 0.05) is 10.0 Å². The molecule has 0 radical (unpaired) electrons. The molecule has 134 valence electrons. The van der Waals surface area contributed by atoms with E-state index in [0.29, 0.717) is 18.9 Å². The van der Waals surface area contributed by atoms with Gasteiger partial charge in [-0.1, -0.05) is 35.0 Å².